The molecule has 96 valence electrons. The van der Waals surface area contributed by atoms with E-state index in [1.165, 1.54) is 0 Å². The molecular formula is C15H11Cl2NS. The smallest absolute Gasteiger partial charge is 0.0637 e. The van der Waals surface area contributed by atoms with Crippen molar-refractivity contribution in [1.29, 1.82) is 5.26 Å². The lowest BCUT2D eigenvalue weighted by Crippen LogP contribution is -1.93. The summed E-state index contributed by atoms with van der Waals surface area (Å²) in [6.45, 7) is 0. The summed E-state index contributed by atoms with van der Waals surface area (Å²) in [7, 11) is 0. The summed E-state index contributed by atoms with van der Waals surface area (Å²) in [5.41, 5.74) is 1.12. The van der Waals surface area contributed by atoms with Gasteiger partial charge in [-0.2, -0.15) is 5.26 Å². The van der Waals surface area contributed by atoms with Gasteiger partial charge in [0.05, 0.1) is 17.5 Å². The molecule has 0 bridgehead atoms. The van der Waals surface area contributed by atoms with E-state index in [9.17, 15) is 0 Å². The van der Waals surface area contributed by atoms with Crippen LogP contribution < -0.4 is 0 Å². The van der Waals surface area contributed by atoms with Crippen molar-refractivity contribution >= 4 is 35.0 Å². The Morgan fingerprint density at radius 3 is 2.53 bits per heavy atom. The molecule has 0 saturated heterocycles. The molecule has 0 aliphatic carbocycles. The molecule has 2 aromatic carbocycles. The summed E-state index contributed by atoms with van der Waals surface area (Å²) in [4.78, 5) is 0.901. The van der Waals surface area contributed by atoms with Crippen LogP contribution in [0.2, 0.25) is 10.0 Å². The standard InChI is InChI=1S/C15H11Cl2NS/c16-12-6-7-13(17)15(10-12)19-14(8-9-18)11-4-2-1-3-5-11/h1-7,10,14H,8H2. The molecule has 4 heteroatoms. The van der Waals surface area contributed by atoms with Crippen LogP contribution in [0.25, 0.3) is 0 Å². The van der Waals surface area contributed by atoms with Crippen molar-refractivity contribution in [3.8, 4) is 6.07 Å². The zero-order valence-corrected chi connectivity index (χ0v) is 12.3. The Kier molecular flexibility index (Phi) is 5.15. The fourth-order valence-electron chi connectivity index (χ4n) is 1.70. The van der Waals surface area contributed by atoms with Crippen LogP contribution >= 0.6 is 35.0 Å². The normalized spacial score (nSPS) is 11.8. The Morgan fingerprint density at radius 1 is 1.11 bits per heavy atom. The lowest BCUT2D eigenvalue weighted by molar-refractivity contribution is 0.978. The number of hydrogen-bond donors (Lipinski definition) is 0. The van der Waals surface area contributed by atoms with E-state index in [1.54, 1.807) is 23.9 Å². The van der Waals surface area contributed by atoms with Crippen LogP contribution in [0.4, 0.5) is 0 Å². The van der Waals surface area contributed by atoms with Gasteiger partial charge in [0.1, 0.15) is 0 Å². The van der Waals surface area contributed by atoms with E-state index in [0.717, 1.165) is 10.5 Å². The molecule has 2 aromatic rings. The molecule has 0 aliphatic heterocycles. The predicted molar refractivity (Wildman–Crippen MR) is 81.7 cm³/mol. The van der Waals surface area contributed by atoms with E-state index in [-0.39, 0.29) is 5.25 Å². The third kappa shape index (κ3) is 3.91. The van der Waals surface area contributed by atoms with Crippen LogP contribution in [-0.2, 0) is 0 Å². The summed E-state index contributed by atoms with van der Waals surface area (Å²) in [6, 6.07) is 17.5. The lowest BCUT2D eigenvalue weighted by Gasteiger charge is -2.14. The molecule has 0 aliphatic rings. The monoisotopic (exact) mass is 307 g/mol. The summed E-state index contributed by atoms with van der Waals surface area (Å²) >= 11 is 13.7. The third-order valence-corrected chi connectivity index (χ3v) is 4.60. The van der Waals surface area contributed by atoms with Crippen LogP contribution in [0.5, 0.6) is 0 Å². The van der Waals surface area contributed by atoms with E-state index in [1.807, 2.05) is 36.4 Å². The number of nitriles is 1. The van der Waals surface area contributed by atoms with Crippen molar-refractivity contribution in [2.75, 3.05) is 0 Å². The summed E-state index contributed by atoms with van der Waals surface area (Å²) in [6.07, 6.45) is 0.428. The van der Waals surface area contributed by atoms with Gasteiger partial charge >= 0.3 is 0 Å². The van der Waals surface area contributed by atoms with Gasteiger partial charge in [0.15, 0.2) is 0 Å². The molecule has 0 heterocycles. The van der Waals surface area contributed by atoms with Gasteiger partial charge in [0.25, 0.3) is 0 Å². The van der Waals surface area contributed by atoms with Crippen molar-refractivity contribution in [3.63, 3.8) is 0 Å². The maximum Gasteiger partial charge on any atom is 0.0637 e. The van der Waals surface area contributed by atoms with Crippen molar-refractivity contribution in [2.45, 2.75) is 16.6 Å². The van der Waals surface area contributed by atoms with Gasteiger partial charge in [-0.25, -0.2) is 0 Å². The first kappa shape index (κ1) is 14.3. The quantitative estimate of drug-likeness (QED) is 0.672. The average molecular weight is 308 g/mol. The van der Waals surface area contributed by atoms with Gasteiger partial charge in [-0.15, -0.1) is 11.8 Å². The molecule has 19 heavy (non-hydrogen) atoms. The Morgan fingerprint density at radius 2 is 1.84 bits per heavy atom. The molecule has 0 spiro atoms. The van der Waals surface area contributed by atoms with Crippen LogP contribution in [0.1, 0.15) is 17.2 Å². The molecule has 0 saturated carbocycles. The highest BCUT2D eigenvalue weighted by atomic mass is 35.5. The Balaban J connectivity index is 2.27. The molecule has 0 N–H and O–H groups in total. The van der Waals surface area contributed by atoms with Crippen LogP contribution in [0.15, 0.2) is 53.4 Å². The van der Waals surface area contributed by atoms with E-state index in [0.29, 0.717) is 16.5 Å². The molecule has 1 nitrogen and oxygen atoms in total. The van der Waals surface area contributed by atoms with Crippen molar-refractivity contribution < 1.29 is 0 Å². The first-order chi connectivity index (χ1) is 9.20. The van der Waals surface area contributed by atoms with Crippen LogP contribution in [0.3, 0.4) is 0 Å². The Labute approximate surface area is 127 Å². The molecule has 0 aromatic heterocycles. The Bertz CT molecular complexity index is 593. The molecule has 0 radical (unpaired) electrons. The second kappa shape index (κ2) is 6.86. The summed E-state index contributed by atoms with van der Waals surface area (Å²) in [5.74, 6) is 0. The molecule has 1 atom stereocenters. The highest BCUT2D eigenvalue weighted by Crippen LogP contribution is 2.41. The first-order valence-corrected chi connectivity index (χ1v) is 7.38. The zero-order chi connectivity index (χ0) is 13.7. The number of hydrogen-bond acceptors (Lipinski definition) is 2. The minimum absolute atomic E-state index is 0.0576. The predicted octanol–water partition coefficient (Wildman–Crippen LogP) is 5.74. The molecule has 2 rings (SSSR count). The first-order valence-electron chi connectivity index (χ1n) is 5.74. The van der Waals surface area contributed by atoms with E-state index in [4.69, 9.17) is 28.5 Å². The fraction of sp³-hybridized carbons (Fsp3) is 0.133. The molecule has 0 fully saturated rings. The van der Waals surface area contributed by atoms with E-state index < -0.39 is 0 Å². The molecule has 0 amide bonds. The second-order valence-electron chi connectivity index (χ2n) is 3.95. The minimum Gasteiger partial charge on any atom is -0.198 e. The van der Waals surface area contributed by atoms with Crippen molar-refractivity contribution in [1.82, 2.24) is 0 Å². The number of halogens is 2. The largest absolute Gasteiger partial charge is 0.198 e. The highest BCUT2D eigenvalue weighted by Gasteiger charge is 2.14. The van der Waals surface area contributed by atoms with E-state index >= 15 is 0 Å². The zero-order valence-electron chi connectivity index (χ0n) is 10.0. The van der Waals surface area contributed by atoms with Gasteiger partial charge < -0.3 is 0 Å². The number of rotatable bonds is 4. The van der Waals surface area contributed by atoms with Crippen LogP contribution in [-0.4, -0.2) is 0 Å². The highest BCUT2D eigenvalue weighted by molar-refractivity contribution is 7.99. The topological polar surface area (TPSA) is 23.8 Å². The van der Waals surface area contributed by atoms with Crippen LogP contribution in [0, 0.1) is 11.3 Å². The molecular weight excluding hydrogens is 297 g/mol. The maximum absolute atomic E-state index is 8.98. The van der Waals surface area contributed by atoms with Gasteiger partial charge in [-0.05, 0) is 23.8 Å². The van der Waals surface area contributed by atoms with Gasteiger partial charge in [-0.1, -0.05) is 53.5 Å². The van der Waals surface area contributed by atoms with Crippen molar-refractivity contribution in [3.05, 3.63) is 64.1 Å². The van der Waals surface area contributed by atoms with Gasteiger partial charge in [-0.3, -0.25) is 0 Å². The lowest BCUT2D eigenvalue weighted by atomic mass is 10.1. The second-order valence-corrected chi connectivity index (χ2v) is 6.04. The van der Waals surface area contributed by atoms with Gasteiger partial charge in [0, 0.05) is 15.2 Å². The third-order valence-electron chi connectivity index (χ3n) is 2.61. The SMILES string of the molecule is N#CCC(Sc1cc(Cl)ccc1Cl)c1ccccc1. The molecule has 1 unspecified atom stereocenters. The fourth-order valence-corrected chi connectivity index (χ4v) is 3.32. The van der Waals surface area contributed by atoms with Crippen molar-refractivity contribution in [2.24, 2.45) is 0 Å². The number of benzene rings is 2. The summed E-state index contributed by atoms with van der Waals surface area (Å²) < 4.78 is 0. The maximum atomic E-state index is 8.98. The number of nitrogens with zero attached hydrogens (tertiary/aromatic N) is 1. The average Bonchev–Trinajstić information content (AvgIpc) is 2.43. The van der Waals surface area contributed by atoms with Gasteiger partial charge in [0.2, 0.25) is 0 Å². The summed E-state index contributed by atoms with van der Waals surface area (Å²) in [5, 5.41) is 10.3. The number of thioether (sulfide) groups is 1. The van der Waals surface area contributed by atoms with E-state index in [2.05, 4.69) is 6.07 Å². The Hall–Kier alpha value is -1.14. The minimum atomic E-state index is 0.0576.